The summed E-state index contributed by atoms with van der Waals surface area (Å²) in [6.07, 6.45) is 1.65. The Morgan fingerprint density at radius 3 is 1.97 bits per heavy atom. The second-order valence-electron chi connectivity index (χ2n) is 9.35. The SMILES string of the molecule is COc1cccc(COCCOCc2coc(N(Cc3cccc(OC)c3)Cc3cccc(N(C)C)c3)n2)c1. The lowest BCUT2D eigenvalue weighted by molar-refractivity contribution is 0.0328. The monoisotopic (exact) mass is 531 g/mol. The molecule has 1 aromatic heterocycles. The van der Waals surface area contributed by atoms with Gasteiger partial charge in [0.25, 0.3) is 6.01 Å². The number of rotatable bonds is 15. The summed E-state index contributed by atoms with van der Waals surface area (Å²) < 4.78 is 28.1. The average Bonchev–Trinajstić information content (AvgIpc) is 3.44. The Labute approximate surface area is 230 Å². The van der Waals surface area contributed by atoms with Crippen molar-refractivity contribution in [1.29, 1.82) is 0 Å². The van der Waals surface area contributed by atoms with Gasteiger partial charge >= 0.3 is 0 Å². The van der Waals surface area contributed by atoms with Crippen molar-refractivity contribution in [2.75, 3.05) is 51.3 Å². The van der Waals surface area contributed by atoms with Gasteiger partial charge in [-0.3, -0.25) is 0 Å². The molecule has 4 rings (SSSR count). The predicted molar refractivity (Wildman–Crippen MR) is 152 cm³/mol. The topological polar surface area (TPSA) is 69.4 Å². The summed E-state index contributed by atoms with van der Waals surface area (Å²) in [6.45, 7) is 3.03. The van der Waals surface area contributed by atoms with Crippen molar-refractivity contribution in [3.63, 3.8) is 0 Å². The maximum Gasteiger partial charge on any atom is 0.298 e. The minimum Gasteiger partial charge on any atom is -0.497 e. The van der Waals surface area contributed by atoms with Crippen molar-refractivity contribution >= 4 is 11.7 Å². The van der Waals surface area contributed by atoms with E-state index in [4.69, 9.17) is 28.3 Å². The molecule has 0 aliphatic heterocycles. The quantitative estimate of drug-likeness (QED) is 0.181. The first kappa shape index (κ1) is 28.0. The molecule has 1 heterocycles. The van der Waals surface area contributed by atoms with Crippen molar-refractivity contribution < 1.29 is 23.4 Å². The molecule has 0 saturated heterocycles. The second kappa shape index (κ2) is 14.2. The van der Waals surface area contributed by atoms with Crippen LogP contribution in [-0.2, 0) is 35.8 Å². The van der Waals surface area contributed by atoms with E-state index in [2.05, 4.69) is 40.1 Å². The van der Waals surface area contributed by atoms with Crippen LogP contribution in [0.5, 0.6) is 11.5 Å². The third kappa shape index (κ3) is 8.49. The van der Waals surface area contributed by atoms with Gasteiger partial charge in [-0.05, 0) is 53.1 Å². The van der Waals surface area contributed by atoms with Crippen LogP contribution in [0.2, 0.25) is 0 Å². The number of ether oxygens (including phenoxy) is 4. The Balaban J connectivity index is 1.35. The lowest BCUT2D eigenvalue weighted by Crippen LogP contribution is -2.23. The first-order chi connectivity index (χ1) is 19.0. The summed E-state index contributed by atoms with van der Waals surface area (Å²) in [5, 5.41) is 0. The molecule has 8 nitrogen and oxygen atoms in total. The molecule has 0 N–H and O–H groups in total. The normalized spacial score (nSPS) is 10.9. The zero-order valence-electron chi connectivity index (χ0n) is 23.1. The lowest BCUT2D eigenvalue weighted by Gasteiger charge is -2.22. The fourth-order valence-electron chi connectivity index (χ4n) is 4.09. The van der Waals surface area contributed by atoms with Crippen LogP contribution in [-0.4, -0.2) is 46.5 Å². The van der Waals surface area contributed by atoms with Crippen LogP contribution < -0.4 is 19.3 Å². The van der Waals surface area contributed by atoms with Crippen LogP contribution in [0.25, 0.3) is 0 Å². The van der Waals surface area contributed by atoms with Gasteiger partial charge in [-0.15, -0.1) is 0 Å². The number of aromatic nitrogens is 1. The summed E-state index contributed by atoms with van der Waals surface area (Å²) >= 11 is 0. The van der Waals surface area contributed by atoms with Gasteiger partial charge in [0.2, 0.25) is 0 Å². The van der Waals surface area contributed by atoms with Crippen molar-refractivity contribution in [3.05, 3.63) is 101 Å². The summed E-state index contributed by atoms with van der Waals surface area (Å²) in [5.41, 5.74) is 5.19. The van der Waals surface area contributed by atoms with E-state index < -0.39 is 0 Å². The molecule has 3 aromatic carbocycles. The first-order valence-corrected chi connectivity index (χ1v) is 12.9. The molecule has 0 saturated carbocycles. The summed E-state index contributed by atoms with van der Waals surface area (Å²) in [5.74, 6) is 1.64. The average molecular weight is 532 g/mol. The van der Waals surface area contributed by atoms with Gasteiger partial charge in [-0.25, -0.2) is 0 Å². The van der Waals surface area contributed by atoms with E-state index in [-0.39, 0.29) is 0 Å². The van der Waals surface area contributed by atoms with E-state index in [0.29, 0.717) is 45.5 Å². The molecule has 4 aromatic rings. The van der Waals surface area contributed by atoms with Crippen LogP contribution in [0, 0.1) is 0 Å². The fraction of sp³-hybridized carbons (Fsp3) is 0.323. The molecular weight excluding hydrogens is 494 g/mol. The number of hydrogen-bond acceptors (Lipinski definition) is 8. The van der Waals surface area contributed by atoms with Crippen LogP contribution in [0.3, 0.4) is 0 Å². The molecule has 39 heavy (non-hydrogen) atoms. The Bertz CT molecular complexity index is 1310. The molecule has 0 atom stereocenters. The third-order valence-electron chi connectivity index (χ3n) is 6.14. The number of hydrogen-bond donors (Lipinski definition) is 0. The lowest BCUT2D eigenvalue weighted by atomic mass is 10.1. The molecule has 0 bridgehead atoms. The minimum atomic E-state index is 0.342. The highest BCUT2D eigenvalue weighted by atomic mass is 16.5. The van der Waals surface area contributed by atoms with Crippen molar-refractivity contribution in [2.24, 2.45) is 0 Å². The molecule has 0 fully saturated rings. The molecule has 0 spiro atoms. The first-order valence-electron chi connectivity index (χ1n) is 12.9. The number of nitrogens with zero attached hydrogens (tertiary/aromatic N) is 3. The van der Waals surface area contributed by atoms with E-state index >= 15 is 0 Å². The number of anilines is 2. The Hall–Kier alpha value is -4.01. The summed E-state index contributed by atoms with van der Waals surface area (Å²) in [7, 11) is 7.41. The van der Waals surface area contributed by atoms with E-state index in [9.17, 15) is 0 Å². The number of benzene rings is 3. The molecule has 0 amide bonds. The maximum absolute atomic E-state index is 5.91. The second-order valence-corrected chi connectivity index (χ2v) is 9.35. The van der Waals surface area contributed by atoms with Gasteiger partial charge in [-0.2, -0.15) is 4.98 Å². The maximum atomic E-state index is 5.91. The van der Waals surface area contributed by atoms with Crippen LogP contribution in [0.1, 0.15) is 22.4 Å². The zero-order chi connectivity index (χ0) is 27.5. The molecule has 8 heteroatoms. The molecule has 0 radical (unpaired) electrons. The largest absolute Gasteiger partial charge is 0.497 e. The highest BCUT2D eigenvalue weighted by Gasteiger charge is 2.16. The number of oxazole rings is 1. The van der Waals surface area contributed by atoms with Crippen molar-refractivity contribution in [3.8, 4) is 11.5 Å². The highest BCUT2D eigenvalue weighted by Crippen LogP contribution is 2.24. The van der Waals surface area contributed by atoms with Gasteiger partial charge < -0.3 is 33.2 Å². The standard InChI is InChI=1S/C31H37N3O5/c1-33(2)28-11-5-8-24(16-28)19-34(20-25-9-6-12-29(17-25)35-3)31-32-27(23-39-31)22-38-15-14-37-21-26-10-7-13-30(18-26)36-4/h5-13,16-18,23H,14-15,19-22H2,1-4H3. The zero-order valence-corrected chi connectivity index (χ0v) is 23.1. The highest BCUT2D eigenvalue weighted by molar-refractivity contribution is 5.48. The van der Waals surface area contributed by atoms with Crippen molar-refractivity contribution in [2.45, 2.75) is 26.3 Å². The summed E-state index contributed by atoms with van der Waals surface area (Å²) in [6, 6.07) is 24.9. The number of methoxy groups -OCH3 is 2. The van der Waals surface area contributed by atoms with Gasteiger partial charge in [0.1, 0.15) is 23.5 Å². The van der Waals surface area contributed by atoms with Crippen LogP contribution in [0.15, 0.2) is 83.5 Å². The fourth-order valence-corrected chi connectivity index (χ4v) is 4.09. The van der Waals surface area contributed by atoms with E-state index in [0.717, 1.165) is 39.6 Å². The molecular formula is C31H37N3O5. The molecule has 206 valence electrons. The minimum absolute atomic E-state index is 0.342. The van der Waals surface area contributed by atoms with Crippen molar-refractivity contribution in [1.82, 2.24) is 4.98 Å². The van der Waals surface area contributed by atoms with E-state index in [1.807, 2.05) is 56.6 Å². The molecule has 0 aliphatic rings. The smallest absolute Gasteiger partial charge is 0.298 e. The molecule has 0 aliphatic carbocycles. The third-order valence-corrected chi connectivity index (χ3v) is 6.14. The Morgan fingerprint density at radius 2 is 1.31 bits per heavy atom. The van der Waals surface area contributed by atoms with Gasteiger partial charge in [-0.1, -0.05) is 36.4 Å². The molecule has 0 unspecified atom stereocenters. The van der Waals surface area contributed by atoms with E-state index in [1.165, 1.54) is 0 Å². The van der Waals surface area contributed by atoms with Crippen LogP contribution >= 0.6 is 0 Å². The van der Waals surface area contributed by atoms with Crippen LogP contribution in [0.4, 0.5) is 11.7 Å². The van der Waals surface area contributed by atoms with E-state index in [1.54, 1.807) is 20.5 Å². The van der Waals surface area contributed by atoms with Gasteiger partial charge in [0.05, 0.1) is 40.6 Å². The summed E-state index contributed by atoms with van der Waals surface area (Å²) in [4.78, 5) is 8.93. The van der Waals surface area contributed by atoms with Gasteiger partial charge in [0.15, 0.2) is 0 Å². The predicted octanol–water partition coefficient (Wildman–Crippen LogP) is 5.70. The Morgan fingerprint density at radius 1 is 0.718 bits per heavy atom. The van der Waals surface area contributed by atoms with Gasteiger partial charge in [0, 0.05) is 32.9 Å². The Kier molecular flexibility index (Phi) is 10.2.